The monoisotopic (exact) mass is 236 g/mol. The van der Waals surface area contributed by atoms with E-state index in [1.54, 1.807) is 0 Å². The van der Waals surface area contributed by atoms with Gasteiger partial charge in [-0.1, -0.05) is 33.1 Å². The molecule has 1 rings (SSSR count). The first-order valence-electron chi connectivity index (χ1n) is 6.14. The van der Waals surface area contributed by atoms with Crippen LogP contribution in [0.25, 0.3) is 0 Å². The number of ether oxygens (including phenoxy) is 2. The molecule has 0 aromatic carbocycles. The summed E-state index contributed by atoms with van der Waals surface area (Å²) in [4.78, 5) is 0. The lowest BCUT2D eigenvalue weighted by Crippen LogP contribution is -2.24. The van der Waals surface area contributed by atoms with Crippen LogP contribution in [-0.2, 0) is 9.47 Å². The first-order chi connectivity index (χ1) is 7.35. The summed E-state index contributed by atoms with van der Waals surface area (Å²) in [6.45, 7) is 6.10. The number of alkyl halides is 1. The minimum Gasteiger partial charge on any atom is -0.353 e. The second kappa shape index (κ2) is 12.3. The van der Waals surface area contributed by atoms with E-state index in [1.165, 1.54) is 19.3 Å². The minimum absolute atomic E-state index is 0.0208. The van der Waals surface area contributed by atoms with Crippen LogP contribution in [-0.4, -0.2) is 25.4 Å². The molecule has 0 bridgehead atoms. The van der Waals surface area contributed by atoms with Gasteiger partial charge in [0.15, 0.2) is 6.29 Å². The molecule has 0 aromatic heterocycles. The predicted molar refractivity (Wildman–Crippen MR) is 65.5 cm³/mol. The molecule has 1 heterocycles. The maximum atomic E-state index is 5.51. The molecular weight excluding hydrogens is 212 g/mol. The molecule has 2 nitrogen and oxygen atoms in total. The molecule has 15 heavy (non-hydrogen) atoms. The van der Waals surface area contributed by atoms with E-state index >= 15 is 0 Å². The zero-order valence-corrected chi connectivity index (χ0v) is 10.9. The van der Waals surface area contributed by atoms with Gasteiger partial charge in [-0.15, -0.1) is 11.6 Å². The van der Waals surface area contributed by atoms with Crippen molar-refractivity contribution >= 4 is 11.6 Å². The van der Waals surface area contributed by atoms with E-state index in [0.29, 0.717) is 5.88 Å². The Balaban J connectivity index is 0.000000336. The van der Waals surface area contributed by atoms with Gasteiger partial charge in [0, 0.05) is 5.88 Å². The molecule has 0 N–H and O–H groups in total. The average molecular weight is 237 g/mol. The Morgan fingerprint density at radius 2 is 1.67 bits per heavy atom. The van der Waals surface area contributed by atoms with E-state index in [9.17, 15) is 0 Å². The third kappa shape index (κ3) is 10.5. The van der Waals surface area contributed by atoms with E-state index in [0.717, 1.165) is 32.5 Å². The van der Waals surface area contributed by atoms with Gasteiger partial charge >= 0.3 is 0 Å². The smallest absolute Gasteiger partial charge is 0.157 e. The van der Waals surface area contributed by atoms with Crippen molar-refractivity contribution in [2.45, 2.75) is 58.7 Å². The van der Waals surface area contributed by atoms with E-state index in [2.05, 4.69) is 13.8 Å². The standard InChI is InChI=1S/C7H13ClO2.C5H12/c8-4-1-3-7-9-5-2-6-10-7;1-3-5-4-2/h7H,1-6H2;3-5H2,1-2H3. The van der Waals surface area contributed by atoms with Crippen LogP contribution in [0, 0.1) is 0 Å². The van der Waals surface area contributed by atoms with Crippen molar-refractivity contribution < 1.29 is 9.47 Å². The maximum Gasteiger partial charge on any atom is 0.157 e. The predicted octanol–water partition coefficient (Wildman–Crippen LogP) is 3.96. The number of hydrogen-bond donors (Lipinski definition) is 0. The molecular formula is C12H25ClO2. The molecule has 0 radical (unpaired) electrons. The van der Waals surface area contributed by atoms with Crippen LogP contribution in [0.3, 0.4) is 0 Å². The largest absolute Gasteiger partial charge is 0.353 e. The van der Waals surface area contributed by atoms with Gasteiger partial charge in [0.2, 0.25) is 0 Å². The van der Waals surface area contributed by atoms with Gasteiger partial charge in [-0.25, -0.2) is 0 Å². The van der Waals surface area contributed by atoms with Crippen molar-refractivity contribution in [3.63, 3.8) is 0 Å². The minimum atomic E-state index is 0.0208. The Labute approximate surface area is 99.3 Å². The van der Waals surface area contributed by atoms with Gasteiger partial charge in [-0.05, 0) is 19.3 Å². The molecule has 0 aliphatic carbocycles. The SMILES string of the molecule is CCCCC.ClCCCC1OCCCO1. The summed E-state index contributed by atoms with van der Waals surface area (Å²) in [5.41, 5.74) is 0. The number of unbranched alkanes of at least 4 members (excludes halogenated alkanes) is 2. The van der Waals surface area contributed by atoms with E-state index in [4.69, 9.17) is 21.1 Å². The first kappa shape index (κ1) is 15.2. The lowest BCUT2D eigenvalue weighted by molar-refractivity contribution is -0.181. The van der Waals surface area contributed by atoms with Crippen molar-refractivity contribution in [2.75, 3.05) is 19.1 Å². The lowest BCUT2D eigenvalue weighted by atomic mass is 10.3. The summed E-state index contributed by atoms with van der Waals surface area (Å²) in [6.07, 6.45) is 7.03. The molecule has 92 valence electrons. The zero-order valence-electron chi connectivity index (χ0n) is 10.1. The van der Waals surface area contributed by atoms with Crippen LogP contribution >= 0.6 is 11.6 Å². The average Bonchev–Trinajstić information content (AvgIpc) is 2.30. The van der Waals surface area contributed by atoms with Crippen molar-refractivity contribution in [3.05, 3.63) is 0 Å². The molecule has 1 aliphatic rings. The summed E-state index contributed by atoms with van der Waals surface area (Å²) in [5.74, 6) is 0.698. The number of hydrogen-bond acceptors (Lipinski definition) is 2. The van der Waals surface area contributed by atoms with Gasteiger partial charge in [0.25, 0.3) is 0 Å². The van der Waals surface area contributed by atoms with Gasteiger partial charge in [0.05, 0.1) is 13.2 Å². The second-order valence-electron chi connectivity index (χ2n) is 3.71. The summed E-state index contributed by atoms with van der Waals surface area (Å²) in [6, 6.07) is 0. The second-order valence-corrected chi connectivity index (χ2v) is 4.09. The highest BCUT2D eigenvalue weighted by Gasteiger charge is 2.12. The molecule has 0 atom stereocenters. The van der Waals surface area contributed by atoms with Crippen LogP contribution in [0.1, 0.15) is 52.4 Å². The summed E-state index contributed by atoms with van der Waals surface area (Å²) < 4.78 is 10.6. The first-order valence-corrected chi connectivity index (χ1v) is 6.67. The summed E-state index contributed by atoms with van der Waals surface area (Å²) in [7, 11) is 0. The molecule has 0 unspecified atom stereocenters. The fourth-order valence-electron chi connectivity index (χ4n) is 1.30. The topological polar surface area (TPSA) is 18.5 Å². The molecule has 0 saturated carbocycles. The van der Waals surface area contributed by atoms with Gasteiger partial charge in [-0.3, -0.25) is 0 Å². The number of halogens is 1. The summed E-state index contributed by atoms with van der Waals surface area (Å²) >= 11 is 5.51. The van der Waals surface area contributed by atoms with Crippen molar-refractivity contribution in [1.29, 1.82) is 0 Å². The number of rotatable bonds is 5. The fraction of sp³-hybridized carbons (Fsp3) is 1.00. The van der Waals surface area contributed by atoms with Crippen molar-refractivity contribution in [3.8, 4) is 0 Å². The van der Waals surface area contributed by atoms with Gasteiger partial charge < -0.3 is 9.47 Å². The molecule has 3 heteroatoms. The van der Waals surface area contributed by atoms with Gasteiger partial charge in [-0.2, -0.15) is 0 Å². The molecule has 1 saturated heterocycles. The Kier molecular flexibility index (Phi) is 12.5. The van der Waals surface area contributed by atoms with Gasteiger partial charge in [0.1, 0.15) is 0 Å². The van der Waals surface area contributed by atoms with E-state index < -0.39 is 0 Å². The van der Waals surface area contributed by atoms with Crippen LogP contribution in [0.2, 0.25) is 0 Å². The van der Waals surface area contributed by atoms with Crippen molar-refractivity contribution in [1.82, 2.24) is 0 Å². The molecule has 1 aliphatic heterocycles. The quantitative estimate of drug-likeness (QED) is 0.673. The molecule has 0 spiro atoms. The van der Waals surface area contributed by atoms with Crippen LogP contribution in [0.15, 0.2) is 0 Å². The zero-order chi connectivity index (χ0) is 11.4. The normalized spacial score (nSPS) is 17.0. The molecule has 1 fully saturated rings. The van der Waals surface area contributed by atoms with E-state index in [-0.39, 0.29) is 6.29 Å². The third-order valence-corrected chi connectivity index (χ3v) is 2.44. The Hall–Kier alpha value is 0.210. The highest BCUT2D eigenvalue weighted by Crippen LogP contribution is 2.10. The third-order valence-electron chi connectivity index (χ3n) is 2.18. The lowest BCUT2D eigenvalue weighted by Gasteiger charge is -2.22. The highest BCUT2D eigenvalue weighted by molar-refractivity contribution is 6.17. The van der Waals surface area contributed by atoms with Crippen LogP contribution in [0.4, 0.5) is 0 Å². The maximum absolute atomic E-state index is 5.51. The Morgan fingerprint density at radius 1 is 1.07 bits per heavy atom. The van der Waals surface area contributed by atoms with E-state index in [1.807, 2.05) is 0 Å². The summed E-state index contributed by atoms with van der Waals surface area (Å²) in [5, 5.41) is 0. The van der Waals surface area contributed by atoms with Crippen LogP contribution < -0.4 is 0 Å². The highest BCUT2D eigenvalue weighted by atomic mass is 35.5. The Bertz CT molecular complexity index is 112. The molecule has 0 aromatic rings. The fourth-order valence-corrected chi connectivity index (χ4v) is 1.45. The molecule has 0 amide bonds. The van der Waals surface area contributed by atoms with Crippen molar-refractivity contribution in [2.24, 2.45) is 0 Å². The Morgan fingerprint density at radius 3 is 2.07 bits per heavy atom. The van der Waals surface area contributed by atoms with Crippen LogP contribution in [0.5, 0.6) is 0 Å².